The molecule has 0 aliphatic carbocycles. The van der Waals surface area contributed by atoms with Crippen molar-refractivity contribution >= 4 is 0 Å². The first-order chi connectivity index (χ1) is 9.31. The van der Waals surface area contributed by atoms with Crippen molar-refractivity contribution in [2.75, 3.05) is 20.6 Å². The van der Waals surface area contributed by atoms with Gasteiger partial charge in [-0.1, -0.05) is 19.9 Å². The Labute approximate surface area is 121 Å². The molecule has 4 heteroatoms. The van der Waals surface area contributed by atoms with Crippen LogP contribution in [0.25, 0.3) is 0 Å². The third kappa shape index (κ3) is 5.17. The van der Waals surface area contributed by atoms with Crippen LogP contribution in [0.4, 0.5) is 8.78 Å². The first kappa shape index (κ1) is 17.1. The SMILES string of the molecule is CC(C)CC(CN(C)C)NC(C)c1c(F)cccc1F. The number of nitrogens with zero attached hydrogens (tertiary/aromatic N) is 1. The maximum absolute atomic E-state index is 13.8. The van der Waals surface area contributed by atoms with E-state index in [9.17, 15) is 8.78 Å². The molecule has 0 saturated carbocycles. The van der Waals surface area contributed by atoms with Crippen molar-refractivity contribution < 1.29 is 8.78 Å². The molecule has 0 aliphatic heterocycles. The lowest BCUT2D eigenvalue weighted by Crippen LogP contribution is -2.40. The monoisotopic (exact) mass is 284 g/mol. The topological polar surface area (TPSA) is 15.3 Å². The van der Waals surface area contributed by atoms with Crippen LogP contribution in [0.2, 0.25) is 0 Å². The van der Waals surface area contributed by atoms with Crippen LogP contribution in [0.3, 0.4) is 0 Å². The smallest absolute Gasteiger partial charge is 0.130 e. The molecule has 20 heavy (non-hydrogen) atoms. The molecule has 1 aromatic carbocycles. The number of halogens is 2. The Morgan fingerprint density at radius 2 is 1.65 bits per heavy atom. The van der Waals surface area contributed by atoms with E-state index in [4.69, 9.17) is 0 Å². The molecule has 0 amide bonds. The summed E-state index contributed by atoms with van der Waals surface area (Å²) in [6.07, 6.45) is 0.971. The van der Waals surface area contributed by atoms with Gasteiger partial charge in [0.15, 0.2) is 0 Å². The molecule has 0 saturated heterocycles. The van der Waals surface area contributed by atoms with Crippen LogP contribution in [0.5, 0.6) is 0 Å². The molecule has 0 spiro atoms. The average Bonchev–Trinajstić information content (AvgIpc) is 2.26. The molecule has 0 aliphatic rings. The first-order valence-corrected chi connectivity index (χ1v) is 7.16. The molecular formula is C16H26F2N2. The Balaban J connectivity index is 2.81. The van der Waals surface area contributed by atoms with Crippen molar-refractivity contribution in [3.8, 4) is 0 Å². The number of likely N-dealkylation sites (N-methyl/N-ethyl adjacent to an activating group) is 1. The Bertz CT molecular complexity index is 389. The molecule has 1 rings (SSSR count). The molecule has 2 unspecified atom stereocenters. The molecule has 0 radical (unpaired) electrons. The van der Waals surface area contributed by atoms with E-state index < -0.39 is 11.6 Å². The standard InChI is InChI=1S/C16H26F2N2/c1-11(2)9-13(10-20(4)5)19-12(3)16-14(17)7-6-8-15(16)18/h6-8,11-13,19H,9-10H2,1-5H3. The summed E-state index contributed by atoms with van der Waals surface area (Å²) in [6.45, 7) is 6.96. The minimum absolute atomic E-state index is 0.125. The summed E-state index contributed by atoms with van der Waals surface area (Å²) in [5.41, 5.74) is 0.125. The highest BCUT2D eigenvalue weighted by Gasteiger charge is 2.20. The molecule has 114 valence electrons. The van der Waals surface area contributed by atoms with Crippen molar-refractivity contribution in [3.63, 3.8) is 0 Å². The van der Waals surface area contributed by atoms with Gasteiger partial charge in [0.25, 0.3) is 0 Å². The zero-order valence-electron chi connectivity index (χ0n) is 13.1. The van der Waals surface area contributed by atoms with E-state index >= 15 is 0 Å². The molecule has 2 atom stereocenters. The van der Waals surface area contributed by atoms with Crippen LogP contribution in [0.15, 0.2) is 18.2 Å². The van der Waals surface area contributed by atoms with E-state index in [1.54, 1.807) is 0 Å². The van der Waals surface area contributed by atoms with Crippen LogP contribution in [-0.2, 0) is 0 Å². The van der Waals surface area contributed by atoms with Crippen molar-refractivity contribution in [2.24, 2.45) is 5.92 Å². The van der Waals surface area contributed by atoms with Crippen molar-refractivity contribution in [2.45, 2.75) is 39.3 Å². The van der Waals surface area contributed by atoms with E-state index in [1.807, 2.05) is 21.0 Å². The summed E-state index contributed by atoms with van der Waals surface area (Å²) in [5, 5.41) is 3.36. The van der Waals surface area contributed by atoms with E-state index in [0.29, 0.717) is 5.92 Å². The van der Waals surface area contributed by atoms with Gasteiger partial charge >= 0.3 is 0 Å². The normalized spacial score (nSPS) is 14.8. The average molecular weight is 284 g/mol. The van der Waals surface area contributed by atoms with Crippen LogP contribution < -0.4 is 5.32 Å². The van der Waals surface area contributed by atoms with E-state index in [0.717, 1.165) is 13.0 Å². The summed E-state index contributed by atoms with van der Waals surface area (Å²) in [5.74, 6) is -0.443. The summed E-state index contributed by atoms with van der Waals surface area (Å²) in [6, 6.07) is 3.87. The van der Waals surface area contributed by atoms with Gasteiger partial charge in [-0.3, -0.25) is 0 Å². The Morgan fingerprint density at radius 3 is 2.10 bits per heavy atom. The predicted octanol–water partition coefficient (Wildman–Crippen LogP) is 3.59. The van der Waals surface area contributed by atoms with Gasteiger partial charge in [0, 0.05) is 24.2 Å². The summed E-state index contributed by atoms with van der Waals surface area (Å²) in [7, 11) is 4.01. The van der Waals surface area contributed by atoms with E-state index in [2.05, 4.69) is 24.1 Å². The molecular weight excluding hydrogens is 258 g/mol. The van der Waals surface area contributed by atoms with Crippen LogP contribution >= 0.6 is 0 Å². The maximum atomic E-state index is 13.8. The maximum Gasteiger partial charge on any atom is 0.130 e. The minimum Gasteiger partial charge on any atom is -0.308 e. The second kappa shape index (κ2) is 7.70. The van der Waals surface area contributed by atoms with Gasteiger partial charge in [-0.05, 0) is 45.5 Å². The molecule has 0 bridgehead atoms. The first-order valence-electron chi connectivity index (χ1n) is 7.16. The largest absolute Gasteiger partial charge is 0.308 e. The second-order valence-electron chi connectivity index (χ2n) is 6.11. The lowest BCUT2D eigenvalue weighted by Gasteiger charge is -2.28. The van der Waals surface area contributed by atoms with Gasteiger partial charge in [-0.25, -0.2) is 8.78 Å². The van der Waals surface area contributed by atoms with Crippen LogP contribution in [0, 0.1) is 17.6 Å². The molecule has 0 fully saturated rings. The Morgan fingerprint density at radius 1 is 1.10 bits per heavy atom. The van der Waals surface area contributed by atoms with Crippen molar-refractivity contribution in [1.29, 1.82) is 0 Å². The quantitative estimate of drug-likeness (QED) is 0.823. The Kier molecular flexibility index (Phi) is 6.56. The summed E-state index contributed by atoms with van der Waals surface area (Å²) < 4.78 is 27.6. The number of rotatable bonds is 7. The molecule has 1 aromatic rings. The molecule has 2 nitrogen and oxygen atoms in total. The third-order valence-corrected chi connectivity index (χ3v) is 3.26. The highest BCUT2D eigenvalue weighted by Crippen LogP contribution is 2.21. The third-order valence-electron chi connectivity index (χ3n) is 3.26. The molecule has 0 heterocycles. The number of nitrogens with one attached hydrogen (secondary N) is 1. The summed E-state index contributed by atoms with van der Waals surface area (Å²) >= 11 is 0. The van der Waals surface area contributed by atoms with E-state index in [1.165, 1.54) is 18.2 Å². The zero-order valence-corrected chi connectivity index (χ0v) is 13.1. The van der Waals surface area contributed by atoms with Gasteiger partial charge in [0.1, 0.15) is 11.6 Å². The van der Waals surface area contributed by atoms with Crippen molar-refractivity contribution in [3.05, 3.63) is 35.4 Å². The van der Waals surface area contributed by atoms with Gasteiger partial charge in [0.05, 0.1) is 0 Å². The fourth-order valence-electron chi connectivity index (χ4n) is 2.57. The zero-order chi connectivity index (χ0) is 15.3. The number of hydrogen-bond donors (Lipinski definition) is 1. The fraction of sp³-hybridized carbons (Fsp3) is 0.625. The molecule has 1 N–H and O–H groups in total. The van der Waals surface area contributed by atoms with Crippen LogP contribution in [-0.4, -0.2) is 31.6 Å². The number of benzene rings is 1. The summed E-state index contributed by atoms with van der Waals surface area (Å²) in [4.78, 5) is 2.09. The predicted molar refractivity (Wildman–Crippen MR) is 79.7 cm³/mol. The minimum atomic E-state index is -0.488. The highest BCUT2D eigenvalue weighted by molar-refractivity contribution is 5.22. The molecule has 0 aromatic heterocycles. The van der Waals surface area contributed by atoms with Gasteiger partial charge < -0.3 is 10.2 Å². The van der Waals surface area contributed by atoms with Crippen molar-refractivity contribution in [1.82, 2.24) is 10.2 Å². The lowest BCUT2D eigenvalue weighted by molar-refractivity contribution is 0.287. The fourth-order valence-corrected chi connectivity index (χ4v) is 2.57. The van der Waals surface area contributed by atoms with E-state index in [-0.39, 0.29) is 17.6 Å². The highest BCUT2D eigenvalue weighted by atomic mass is 19.1. The Hall–Kier alpha value is -1.00. The second-order valence-corrected chi connectivity index (χ2v) is 6.11. The van der Waals surface area contributed by atoms with Crippen LogP contribution in [0.1, 0.15) is 38.8 Å². The van der Waals surface area contributed by atoms with Gasteiger partial charge in [0.2, 0.25) is 0 Å². The van der Waals surface area contributed by atoms with Gasteiger partial charge in [-0.15, -0.1) is 0 Å². The lowest BCUT2D eigenvalue weighted by atomic mass is 10.0. The van der Waals surface area contributed by atoms with Gasteiger partial charge in [-0.2, -0.15) is 0 Å². The number of hydrogen-bond acceptors (Lipinski definition) is 2.